The van der Waals surface area contributed by atoms with Gasteiger partial charge in [0.1, 0.15) is 5.60 Å². The maximum absolute atomic E-state index is 11.9. The fraction of sp³-hybridized carbons (Fsp3) is 0.500. The molecule has 1 aliphatic carbocycles. The van der Waals surface area contributed by atoms with Crippen LogP contribution < -0.4 is 5.32 Å². The number of carbonyl (C=O) groups excluding carboxylic acids is 1. The van der Waals surface area contributed by atoms with Gasteiger partial charge in [0.2, 0.25) is 0 Å². The molecule has 2 atom stereocenters. The van der Waals surface area contributed by atoms with Crippen molar-refractivity contribution in [3.05, 3.63) is 48.0 Å². The molecule has 22 heavy (non-hydrogen) atoms. The number of benzene rings is 1. The highest BCUT2D eigenvalue weighted by Gasteiger charge is 2.32. The molecule has 0 radical (unpaired) electrons. The molecule has 1 amide bonds. The minimum Gasteiger partial charge on any atom is -0.444 e. The number of hydrogen-bond acceptors (Lipinski definition) is 3. The molecule has 2 rings (SSSR count). The van der Waals surface area contributed by atoms with E-state index < -0.39 is 11.7 Å². The van der Waals surface area contributed by atoms with Gasteiger partial charge in [-0.1, -0.05) is 42.5 Å². The highest BCUT2D eigenvalue weighted by Crippen LogP contribution is 2.27. The van der Waals surface area contributed by atoms with E-state index in [2.05, 4.69) is 11.9 Å². The van der Waals surface area contributed by atoms with E-state index in [0.29, 0.717) is 6.61 Å². The summed E-state index contributed by atoms with van der Waals surface area (Å²) < 4.78 is 11.3. The fourth-order valence-electron chi connectivity index (χ4n) is 2.51. The minimum atomic E-state index is -0.500. The van der Waals surface area contributed by atoms with Gasteiger partial charge >= 0.3 is 6.09 Å². The lowest BCUT2D eigenvalue weighted by atomic mass is 10.2. The van der Waals surface area contributed by atoms with Crippen LogP contribution in [0.5, 0.6) is 0 Å². The second kappa shape index (κ2) is 6.97. The zero-order valence-electron chi connectivity index (χ0n) is 13.6. The Hall–Kier alpha value is -1.81. The minimum absolute atomic E-state index is 0.0553. The number of hydrogen-bond donors (Lipinski definition) is 1. The molecule has 1 saturated carbocycles. The van der Waals surface area contributed by atoms with Crippen LogP contribution in [-0.2, 0) is 16.1 Å². The van der Waals surface area contributed by atoms with Crippen molar-refractivity contribution < 1.29 is 14.3 Å². The average Bonchev–Trinajstić information content (AvgIpc) is 2.75. The number of nitrogens with one attached hydrogen (secondary N) is 1. The Kier molecular flexibility index (Phi) is 5.24. The van der Waals surface area contributed by atoms with Crippen LogP contribution in [0.25, 0.3) is 0 Å². The van der Waals surface area contributed by atoms with Crippen molar-refractivity contribution in [1.82, 2.24) is 5.32 Å². The standard InChI is InChI=1S/C18H25NO3/c1-13-10-15(19-17(20)22-18(2,3)4)16(11-13)21-12-14-8-6-5-7-9-14/h5-9,15-16H,1,10-12H2,2-4H3,(H,19,20)/t15-,16?/m0/s1. The molecule has 0 heterocycles. The summed E-state index contributed by atoms with van der Waals surface area (Å²) in [5.41, 5.74) is 1.72. The molecule has 1 aliphatic rings. The van der Waals surface area contributed by atoms with E-state index in [0.717, 1.165) is 24.0 Å². The predicted octanol–water partition coefficient (Wildman–Crippen LogP) is 3.82. The Bertz CT molecular complexity index is 519. The van der Waals surface area contributed by atoms with Crippen LogP contribution in [-0.4, -0.2) is 23.8 Å². The second-order valence-corrected chi connectivity index (χ2v) is 6.75. The summed E-state index contributed by atoms with van der Waals surface area (Å²) in [7, 11) is 0. The topological polar surface area (TPSA) is 47.6 Å². The maximum atomic E-state index is 11.9. The third-order valence-corrected chi connectivity index (χ3v) is 3.46. The Morgan fingerprint density at radius 1 is 1.27 bits per heavy atom. The zero-order valence-corrected chi connectivity index (χ0v) is 13.6. The third-order valence-electron chi connectivity index (χ3n) is 3.46. The fourth-order valence-corrected chi connectivity index (χ4v) is 2.51. The van der Waals surface area contributed by atoms with Gasteiger partial charge in [-0.2, -0.15) is 0 Å². The van der Waals surface area contributed by atoms with Crippen molar-refractivity contribution in [3.8, 4) is 0 Å². The van der Waals surface area contributed by atoms with Crippen molar-refractivity contribution in [1.29, 1.82) is 0 Å². The van der Waals surface area contributed by atoms with E-state index in [4.69, 9.17) is 9.47 Å². The summed E-state index contributed by atoms with van der Waals surface area (Å²) in [5.74, 6) is 0. The molecule has 0 aliphatic heterocycles. The number of alkyl carbamates (subject to hydrolysis) is 1. The van der Waals surface area contributed by atoms with Crippen LogP contribution in [0.15, 0.2) is 42.5 Å². The first-order chi connectivity index (χ1) is 10.3. The Morgan fingerprint density at radius 2 is 1.95 bits per heavy atom. The van der Waals surface area contributed by atoms with Gasteiger partial charge < -0.3 is 14.8 Å². The van der Waals surface area contributed by atoms with Crippen LogP contribution in [0.1, 0.15) is 39.2 Å². The molecular formula is C18H25NO3. The Labute approximate surface area is 132 Å². The Balaban J connectivity index is 1.89. The first-order valence-corrected chi connectivity index (χ1v) is 7.65. The van der Waals surface area contributed by atoms with Crippen molar-refractivity contribution in [3.63, 3.8) is 0 Å². The van der Waals surface area contributed by atoms with Gasteiger partial charge in [-0.05, 0) is 39.2 Å². The molecule has 1 aromatic rings. The predicted molar refractivity (Wildman–Crippen MR) is 86.6 cm³/mol. The molecule has 1 fully saturated rings. The lowest BCUT2D eigenvalue weighted by Gasteiger charge is -2.24. The van der Waals surface area contributed by atoms with E-state index in [1.54, 1.807) is 0 Å². The monoisotopic (exact) mass is 303 g/mol. The quantitative estimate of drug-likeness (QED) is 0.860. The van der Waals surface area contributed by atoms with E-state index in [1.165, 1.54) is 0 Å². The zero-order chi connectivity index (χ0) is 16.2. The maximum Gasteiger partial charge on any atom is 0.407 e. The summed E-state index contributed by atoms with van der Waals surface area (Å²) in [4.78, 5) is 11.9. The van der Waals surface area contributed by atoms with Crippen molar-refractivity contribution in [2.45, 2.75) is 58.0 Å². The summed E-state index contributed by atoms with van der Waals surface area (Å²) in [5, 5.41) is 2.91. The third kappa shape index (κ3) is 5.19. The Morgan fingerprint density at radius 3 is 2.59 bits per heavy atom. The summed E-state index contributed by atoms with van der Waals surface area (Å²) >= 11 is 0. The van der Waals surface area contributed by atoms with Gasteiger partial charge in [0.15, 0.2) is 0 Å². The van der Waals surface area contributed by atoms with Gasteiger partial charge in [-0.25, -0.2) is 4.79 Å². The molecule has 0 aromatic heterocycles. The van der Waals surface area contributed by atoms with Crippen LogP contribution >= 0.6 is 0 Å². The molecule has 0 spiro atoms. The summed E-state index contributed by atoms with van der Waals surface area (Å²) in [6.45, 7) is 10.1. The summed E-state index contributed by atoms with van der Waals surface area (Å²) in [6, 6.07) is 9.94. The van der Waals surface area contributed by atoms with Crippen LogP contribution in [0.4, 0.5) is 4.79 Å². The van der Waals surface area contributed by atoms with Crippen LogP contribution in [0, 0.1) is 0 Å². The molecule has 1 aromatic carbocycles. The number of rotatable bonds is 4. The van der Waals surface area contributed by atoms with E-state index in [-0.39, 0.29) is 12.1 Å². The molecule has 0 saturated heterocycles. The van der Waals surface area contributed by atoms with Crippen LogP contribution in [0.2, 0.25) is 0 Å². The molecule has 0 bridgehead atoms. The second-order valence-electron chi connectivity index (χ2n) is 6.75. The normalized spacial score (nSPS) is 21.7. The molecule has 1 unspecified atom stereocenters. The lowest BCUT2D eigenvalue weighted by Crippen LogP contribution is -2.43. The largest absolute Gasteiger partial charge is 0.444 e. The molecule has 4 nitrogen and oxygen atoms in total. The smallest absolute Gasteiger partial charge is 0.407 e. The van der Waals surface area contributed by atoms with Gasteiger partial charge in [-0.3, -0.25) is 0 Å². The van der Waals surface area contributed by atoms with Crippen molar-refractivity contribution in [2.24, 2.45) is 0 Å². The van der Waals surface area contributed by atoms with Crippen LogP contribution in [0.3, 0.4) is 0 Å². The van der Waals surface area contributed by atoms with Crippen molar-refractivity contribution >= 4 is 6.09 Å². The van der Waals surface area contributed by atoms with Gasteiger partial charge in [0.25, 0.3) is 0 Å². The molecule has 1 N–H and O–H groups in total. The average molecular weight is 303 g/mol. The van der Waals surface area contributed by atoms with Gasteiger partial charge in [0, 0.05) is 0 Å². The number of carbonyl (C=O) groups is 1. The highest BCUT2D eigenvalue weighted by molar-refractivity contribution is 5.68. The molecular weight excluding hydrogens is 278 g/mol. The van der Waals surface area contributed by atoms with E-state index in [1.807, 2.05) is 51.1 Å². The molecule has 4 heteroatoms. The van der Waals surface area contributed by atoms with Crippen molar-refractivity contribution in [2.75, 3.05) is 0 Å². The highest BCUT2D eigenvalue weighted by atomic mass is 16.6. The first kappa shape index (κ1) is 16.6. The lowest BCUT2D eigenvalue weighted by molar-refractivity contribution is 0.0172. The van der Waals surface area contributed by atoms with Gasteiger partial charge in [0.05, 0.1) is 18.8 Å². The van der Waals surface area contributed by atoms with E-state index in [9.17, 15) is 4.79 Å². The van der Waals surface area contributed by atoms with Gasteiger partial charge in [-0.15, -0.1) is 0 Å². The molecule has 120 valence electrons. The van der Waals surface area contributed by atoms with E-state index >= 15 is 0 Å². The first-order valence-electron chi connectivity index (χ1n) is 7.65. The summed E-state index contributed by atoms with van der Waals surface area (Å²) in [6.07, 6.45) is 1.05. The number of ether oxygens (including phenoxy) is 2. The SMILES string of the molecule is C=C1CC(OCc2ccccc2)[C@@H](NC(=O)OC(C)(C)C)C1. The number of amides is 1.